The third-order valence-electron chi connectivity index (χ3n) is 4.61. The zero-order valence-electron chi connectivity index (χ0n) is 17.0. The first-order chi connectivity index (χ1) is 15.8. The molecular formula is C22H15ClN4O5S. The highest BCUT2D eigenvalue weighted by atomic mass is 35.5. The highest BCUT2D eigenvalue weighted by molar-refractivity contribution is 7.80. The number of halogens is 1. The summed E-state index contributed by atoms with van der Waals surface area (Å²) in [5.41, 5.74) is 2.54. The van der Waals surface area contributed by atoms with Gasteiger partial charge >= 0.3 is 0 Å². The monoisotopic (exact) mass is 482 g/mol. The third-order valence-corrected chi connectivity index (χ3v) is 5.11. The molecule has 1 aromatic heterocycles. The van der Waals surface area contributed by atoms with Crippen LogP contribution in [0.3, 0.4) is 0 Å². The first kappa shape index (κ1) is 22.2. The number of oxazole rings is 1. The van der Waals surface area contributed by atoms with Crippen molar-refractivity contribution in [1.29, 1.82) is 0 Å². The number of nitrogens with zero attached hydrogens (tertiary/aromatic N) is 2. The summed E-state index contributed by atoms with van der Waals surface area (Å²) in [6, 6.07) is 15.6. The van der Waals surface area contributed by atoms with Crippen molar-refractivity contribution in [1.82, 2.24) is 10.3 Å². The summed E-state index contributed by atoms with van der Waals surface area (Å²) in [5.74, 6) is 0.441. The molecule has 1 heterocycles. The normalized spacial score (nSPS) is 10.6. The Morgan fingerprint density at radius 1 is 1.15 bits per heavy atom. The van der Waals surface area contributed by atoms with E-state index in [1.165, 1.54) is 31.4 Å². The van der Waals surface area contributed by atoms with Crippen molar-refractivity contribution >= 4 is 57.3 Å². The lowest BCUT2D eigenvalue weighted by Gasteiger charge is -2.09. The summed E-state index contributed by atoms with van der Waals surface area (Å²) in [6.07, 6.45) is 0. The van der Waals surface area contributed by atoms with E-state index in [1.807, 2.05) is 0 Å². The van der Waals surface area contributed by atoms with Gasteiger partial charge in [0.05, 0.1) is 17.1 Å². The van der Waals surface area contributed by atoms with Gasteiger partial charge in [-0.2, -0.15) is 0 Å². The highest BCUT2D eigenvalue weighted by Gasteiger charge is 2.13. The maximum atomic E-state index is 12.3. The number of hydrogen-bond donors (Lipinski definition) is 2. The number of nitrogens with one attached hydrogen (secondary N) is 2. The number of nitro groups is 1. The lowest BCUT2D eigenvalue weighted by Crippen LogP contribution is -2.34. The molecule has 0 atom stereocenters. The van der Waals surface area contributed by atoms with Crippen LogP contribution in [0.4, 0.5) is 11.4 Å². The van der Waals surface area contributed by atoms with Gasteiger partial charge in [0.2, 0.25) is 5.89 Å². The van der Waals surface area contributed by atoms with Gasteiger partial charge in [0, 0.05) is 28.9 Å². The largest absolute Gasteiger partial charge is 0.495 e. The van der Waals surface area contributed by atoms with Gasteiger partial charge in [0.15, 0.2) is 10.7 Å². The number of ether oxygens (including phenoxy) is 1. The predicted octanol–water partition coefficient (Wildman–Crippen LogP) is 5.19. The van der Waals surface area contributed by atoms with Crippen molar-refractivity contribution in [2.24, 2.45) is 0 Å². The summed E-state index contributed by atoms with van der Waals surface area (Å²) >= 11 is 11.4. The highest BCUT2D eigenvalue weighted by Crippen LogP contribution is 2.32. The average Bonchev–Trinajstić information content (AvgIpc) is 3.22. The number of fused-ring (bicyclic) bond motifs is 1. The Morgan fingerprint density at radius 3 is 2.58 bits per heavy atom. The maximum Gasteiger partial charge on any atom is 0.269 e. The zero-order chi connectivity index (χ0) is 23.5. The number of amides is 1. The summed E-state index contributed by atoms with van der Waals surface area (Å²) in [7, 11) is 1.54. The molecule has 166 valence electrons. The van der Waals surface area contributed by atoms with Gasteiger partial charge in [-0.25, -0.2) is 4.98 Å². The van der Waals surface area contributed by atoms with Gasteiger partial charge in [0.1, 0.15) is 11.3 Å². The molecule has 3 aromatic carbocycles. The standard InChI is InChI=1S/C22H15ClN4O5S/c1-31-18-8-4-13(10-16(18)23)21-25-17-11-14(5-9-19(17)32-21)24-22(33)26-20(28)12-2-6-15(7-3-12)27(29)30/h2-11H,1H3,(H2,24,26,28,33). The SMILES string of the molecule is COc1ccc(-c2nc3cc(NC(=S)NC(=O)c4ccc([N+](=O)[O-])cc4)ccc3o2)cc1Cl. The van der Waals surface area contributed by atoms with E-state index in [-0.39, 0.29) is 16.4 Å². The van der Waals surface area contributed by atoms with Gasteiger partial charge in [-0.1, -0.05) is 11.6 Å². The molecule has 0 aliphatic rings. The molecule has 2 N–H and O–H groups in total. The van der Waals surface area contributed by atoms with Gasteiger partial charge in [0.25, 0.3) is 11.6 Å². The fraction of sp³-hybridized carbons (Fsp3) is 0.0455. The van der Waals surface area contributed by atoms with Gasteiger partial charge in [-0.15, -0.1) is 0 Å². The molecule has 0 saturated heterocycles. The number of hydrogen-bond acceptors (Lipinski definition) is 7. The Morgan fingerprint density at radius 2 is 1.91 bits per heavy atom. The Labute approximate surface area is 197 Å². The van der Waals surface area contributed by atoms with Crippen LogP contribution in [0.15, 0.2) is 65.1 Å². The molecule has 0 spiro atoms. The van der Waals surface area contributed by atoms with E-state index in [4.69, 9.17) is 33.0 Å². The lowest BCUT2D eigenvalue weighted by molar-refractivity contribution is -0.384. The van der Waals surface area contributed by atoms with Crippen LogP contribution in [-0.4, -0.2) is 28.0 Å². The molecule has 1 amide bonds. The van der Waals surface area contributed by atoms with Crippen molar-refractivity contribution < 1.29 is 18.9 Å². The number of benzene rings is 3. The quantitative estimate of drug-likeness (QED) is 0.226. The minimum Gasteiger partial charge on any atom is -0.495 e. The third kappa shape index (κ3) is 4.92. The molecule has 0 bridgehead atoms. The Bertz CT molecular complexity index is 1390. The van der Waals surface area contributed by atoms with Crippen LogP contribution in [0.25, 0.3) is 22.6 Å². The second kappa shape index (κ2) is 9.23. The van der Waals surface area contributed by atoms with Gasteiger partial charge in [-0.05, 0) is 60.7 Å². The van der Waals surface area contributed by atoms with Gasteiger partial charge < -0.3 is 14.5 Å². The fourth-order valence-electron chi connectivity index (χ4n) is 3.00. The van der Waals surface area contributed by atoms with Crippen LogP contribution in [0, 0.1) is 10.1 Å². The zero-order valence-corrected chi connectivity index (χ0v) is 18.6. The Balaban J connectivity index is 1.46. The average molecular weight is 483 g/mol. The lowest BCUT2D eigenvalue weighted by atomic mass is 10.2. The van der Waals surface area contributed by atoms with E-state index in [2.05, 4.69) is 15.6 Å². The first-order valence-electron chi connectivity index (χ1n) is 9.45. The smallest absolute Gasteiger partial charge is 0.269 e. The number of carbonyl (C=O) groups is 1. The Kier molecular flexibility index (Phi) is 6.20. The number of methoxy groups -OCH3 is 1. The number of aromatic nitrogens is 1. The van der Waals surface area contributed by atoms with Crippen molar-refractivity contribution in [3.05, 3.63) is 81.4 Å². The van der Waals surface area contributed by atoms with Gasteiger partial charge in [-0.3, -0.25) is 20.2 Å². The molecule has 0 saturated carbocycles. The van der Waals surface area contributed by atoms with Crippen LogP contribution in [0.1, 0.15) is 10.4 Å². The molecule has 4 rings (SSSR count). The van der Waals surface area contributed by atoms with E-state index in [9.17, 15) is 14.9 Å². The fourth-order valence-corrected chi connectivity index (χ4v) is 3.47. The van der Waals surface area contributed by atoms with Crippen LogP contribution in [-0.2, 0) is 0 Å². The van der Waals surface area contributed by atoms with Crippen LogP contribution < -0.4 is 15.4 Å². The number of anilines is 1. The molecule has 0 aliphatic heterocycles. The van der Waals surface area contributed by atoms with Crippen LogP contribution in [0.5, 0.6) is 5.75 Å². The van der Waals surface area contributed by atoms with E-state index in [0.717, 1.165) is 0 Å². The summed E-state index contributed by atoms with van der Waals surface area (Å²) in [4.78, 5) is 27.0. The van der Waals surface area contributed by atoms with E-state index in [0.29, 0.717) is 39.0 Å². The molecule has 0 fully saturated rings. The summed E-state index contributed by atoms with van der Waals surface area (Å²) < 4.78 is 11.0. The van der Waals surface area contributed by atoms with Crippen molar-refractivity contribution in [2.75, 3.05) is 12.4 Å². The summed E-state index contributed by atoms with van der Waals surface area (Å²) in [5, 5.41) is 16.7. The number of thiocarbonyl (C=S) groups is 1. The molecule has 0 radical (unpaired) electrons. The van der Waals surface area contributed by atoms with Crippen LogP contribution >= 0.6 is 23.8 Å². The number of carbonyl (C=O) groups excluding carboxylic acids is 1. The number of rotatable bonds is 5. The first-order valence-corrected chi connectivity index (χ1v) is 10.2. The molecule has 11 heteroatoms. The van der Waals surface area contributed by atoms with Crippen molar-refractivity contribution in [3.63, 3.8) is 0 Å². The molecule has 0 aliphatic carbocycles. The second-order valence-corrected chi connectivity index (χ2v) is 7.58. The summed E-state index contributed by atoms with van der Waals surface area (Å²) in [6.45, 7) is 0. The molecule has 4 aromatic rings. The van der Waals surface area contributed by atoms with E-state index >= 15 is 0 Å². The maximum absolute atomic E-state index is 12.3. The minimum atomic E-state index is -0.539. The van der Waals surface area contributed by atoms with Crippen molar-refractivity contribution in [3.8, 4) is 17.2 Å². The Hall–Kier alpha value is -4.02. The topological polar surface area (TPSA) is 120 Å². The van der Waals surface area contributed by atoms with E-state index < -0.39 is 10.8 Å². The predicted molar refractivity (Wildman–Crippen MR) is 128 cm³/mol. The molecule has 33 heavy (non-hydrogen) atoms. The molecular weight excluding hydrogens is 468 g/mol. The van der Waals surface area contributed by atoms with Crippen molar-refractivity contribution in [2.45, 2.75) is 0 Å². The molecule has 0 unspecified atom stereocenters. The number of nitro benzene ring substituents is 1. The number of non-ortho nitro benzene ring substituents is 1. The second-order valence-electron chi connectivity index (χ2n) is 6.76. The van der Waals surface area contributed by atoms with E-state index in [1.54, 1.807) is 36.4 Å². The van der Waals surface area contributed by atoms with Crippen LogP contribution in [0.2, 0.25) is 5.02 Å². The minimum absolute atomic E-state index is 0.0587. The molecule has 9 nitrogen and oxygen atoms in total.